The number of nitrogens with zero attached hydrogens (tertiary/aromatic N) is 1. The summed E-state index contributed by atoms with van der Waals surface area (Å²) in [4.78, 5) is 11.7. The first-order valence-electron chi connectivity index (χ1n) is 5.80. The number of nitrogens with one attached hydrogen (secondary N) is 1. The topological polar surface area (TPSA) is 54.3 Å². The Morgan fingerprint density at radius 1 is 1.28 bits per heavy atom. The molecule has 18 heavy (non-hydrogen) atoms. The third-order valence-electron chi connectivity index (χ3n) is 2.82. The highest BCUT2D eigenvalue weighted by atomic mass is 16.3. The molecule has 0 aliphatic carbocycles. The molecule has 2 aromatic rings. The molecule has 0 aliphatic rings. The number of aryl methyl sites for hydroxylation is 1. The highest BCUT2D eigenvalue weighted by molar-refractivity contribution is 5.78. The number of phenolic OH excluding ortho intramolecular Hbond substituents is 1. The quantitative estimate of drug-likeness (QED) is 0.858. The van der Waals surface area contributed by atoms with Crippen LogP contribution in [-0.4, -0.2) is 15.6 Å². The largest absolute Gasteiger partial charge is 0.508 e. The van der Waals surface area contributed by atoms with Crippen molar-refractivity contribution >= 4 is 5.91 Å². The van der Waals surface area contributed by atoms with Crippen LogP contribution in [-0.2, 0) is 24.8 Å². The van der Waals surface area contributed by atoms with Gasteiger partial charge in [0.25, 0.3) is 0 Å². The van der Waals surface area contributed by atoms with Gasteiger partial charge < -0.3 is 15.0 Å². The van der Waals surface area contributed by atoms with Crippen molar-refractivity contribution in [3.05, 3.63) is 53.9 Å². The molecule has 4 nitrogen and oxygen atoms in total. The van der Waals surface area contributed by atoms with E-state index < -0.39 is 0 Å². The average Bonchev–Trinajstić information content (AvgIpc) is 2.75. The molecule has 1 heterocycles. The normalized spacial score (nSPS) is 10.3. The molecule has 0 saturated heterocycles. The van der Waals surface area contributed by atoms with Crippen LogP contribution in [0.1, 0.15) is 11.3 Å². The van der Waals surface area contributed by atoms with E-state index in [9.17, 15) is 4.79 Å². The summed E-state index contributed by atoms with van der Waals surface area (Å²) in [5, 5.41) is 12.0. The standard InChI is InChI=1S/C14H16N2O2/c1-16-8-2-3-12(16)10-15-14(18)9-11-4-6-13(17)7-5-11/h2-8,17H,9-10H2,1H3,(H,15,18). The van der Waals surface area contributed by atoms with E-state index in [0.717, 1.165) is 11.3 Å². The molecule has 94 valence electrons. The molecular formula is C14H16N2O2. The van der Waals surface area contributed by atoms with Crippen LogP contribution in [0.15, 0.2) is 42.6 Å². The smallest absolute Gasteiger partial charge is 0.224 e. The van der Waals surface area contributed by atoms with Crippen molar-refractivity contribution in [3.63, 3.8) is 0 Å². The third kappa shape index (κ3) is 3.13. The number of rotatable bonds is 4. The lowest BCUT2D eigenvalue weighted by atomic mass is 10.1. The second-order valence-electron chi connectivity index (χ2n) is 4.23. The summed E-state index contributed by atoms with van der Waals surface area (Å²) in [7, 11) is 1.95. The van der Waals surface area contributed by atoms with Gasteiger partial charge in [0.15, 0.2) is 0 Å². The lowest BCUT2D eigenvalue weighted by molar-refractivity contribution is -0.120. The minimum atomic E-state index is -0.0260. The first-order chi connectivity index (χ1) is 8.65. The van der Waals surface area contributed by atoms with Crippen LogP contribution in [0.25, 0.3) is 0 Å². The zero-order chi connectivity index (χ0) is 13.0. The van der Waals surface area contributed by atoms with Gasteiger partial charge in [0, 0.05) is 18.9 Å². The van der Waals surface area contributed by atoms with Crippen LogP contribution in [0.3, 0.4) is 0 Å². The number of benzene rings is 1. The maximum Gasteiger partial charge on any atom is 0.224 e. The van der Waals surface area contributed by atoms with E-state index in [1.54, 1.807) is 24.3 Å². The summed E-state index contributed by atoms with van der Waals surface area (Å²) in [5.41, 5.74) is 1.95. The van der Waals surface area contributed by atoms with Gasteiger partial charge in [0.2, 0.25) is 5.91 Å². The van der Waals surface area contributed by atoms with E-state index in [1.165, 1.54) is 0 Å². The molecular weight excluding hydrogens is 228 g/mol. The molecule has 2 N–H and O–H groups in total. The molecule has 0 bridgehead atoms. The highest BCUT2D eigenvalue weighted by Gasteiger charge is 2.04. The van der Waals surface area contributed by atoms with Crippen molar-refractivity contribution < 1.29 is 9.90 Å². The molecule has 0 atom stereocenters. The number of aromatic nitrogens is 1. The summed E-state index contributed by atoms with van der Waals surface area (Å²) in [6, 6.07) is 10.6. The Hall–Kier alpha value is -2.23. The number of carbonyl (C=O) groups is 1. The molecule has 2 rings (SSSR count). The molecule has 1 aromatic heterocycles. The Labute approximate surface area is 106 Å². The minimum Gasteiger partial charge on any atom is -0.508 e. The Morgan fingerprint density at radius 2 is 2.00 bits per heavy atom. The Balaban J connectivity index is 1.86. The van der Waals surface area contributed by atoms with Gasteiger partial charge in [-0.25, -0.2) is 0 Å². The number of amides is 1. The number of hydrogen-bond donors (Lipinski definition) is 2. The van der Waals surface area contributed by atoms with E-state index in [0.29, 0.717) is 13.0 Å². The summed E-state index contributed by atoms with van der Waals surface area (Å²) in [6.45, 7) is 0.528. The molecule has 0 fully saturated rings. The molecule has 1 aromatic carbocycles. The van der Waals surface area contributed by atoms with Crippen LogP contribution in [0.5, 0.6) is 5.75 Å². The van der Waals surface area contributed by atoms with E-state index in [4.69, 9.17) is 5.11 Å². The number of phenols is 1. The van der Waals surface area contributed by atoms with Crippen molar-refractivity contribution in [2.45, 2.75) is 13.0 Å². The van der Waals surface area contributed by atoms with E-state index >= 15 is 0 Å². The van der Waals surface area contributed by atoms with Crippen molar-refractivity contribution in [2.75, 3.05) is 0 Å². The van der Waals surface area contributed by atoms with E-state index in [1.807, 2.05) is 29.9 Å². The molecule has 0 saturated carbocycles. The fraction of sp³-hybridized carbons (Fsp3) is 0.214. The summed E-state index contributed by atoms with van der Waals surface area (Å²) >= 11 is 0. The molecule has 4 heteroatoms. The van der Waals surface area contributed by atoms with Crippen LogP contribution in [0, 0.1) is 0 Å². The Kier molecular flexibility index (Phi) is 3.67. The SMILES string of the molecule is Cn1cccc1CNC(=O)Cc1ccc(O)cc1. The summed E-state index contributed by atoms with van der Waals surface area (Å²) < 4.78 is 1.97. The predicted octanol–water partition coefficient (Wildman–Crippen LogP) is 1.59. The number of aromatic hydroxyl groups is 1. The zero-order valence-electron chi connectivity index (χ0n) is 10.3. The molecule has 1 amide bonds. The zero-order valence-corrected chi connectivity index (χ0v) is 10.3. The fourth-order valence-electron chi connectivity index (χ4n) is 1.73. The second-order valence-corrected chi connectivity index (χ2v) is 4.23. The van der Waals surface area contributed by atoms with E-state index in [2.05, 4.69) is 5.32 Å². The van der Waals surface area contributed by atoms with Crippen LogP contribution < -0.4 is 5.32 Å². The third-order valence-corrected chi connectivity index (χ3v) is 2.82. The van der Waals surface area contributed by atoms with Gasteiger partial charge in [0.05, 0.1) is 13.0 Å². The lowest BCUT2D eigenvalue weighted by Crippen LogP contribution is -2.25. The number of hydrogen-bond acceptors (Lipinski definition) is 2. The first-order valence-corrected chi connectivity index (χ1v) is 5.80. The van der Waals surface area contributed by atoms with Gasteiger partial charge in [-0.15, -0.1) is 0 Å². The van der Waals surface area contributed by atoms with Crippen LogP contribution in [0.2, 0.25) is 0 Å². The van der Waals surface area contributed by atoms with Crippen molar-refractivity contribution in [2.24, 2.45) is 7.05 Å². The van der Waals surface area contributed by atoms with Crippen LogP contribution in [0.4, 0.5) is 0 Å². The highest BCUT2D eigenvalue weighted by Crippen LogP contribution is 2.10. The van der Waals surface area contributed by atoms with Crippen molar-refractivity contribution in [1.82, 2.24) is 9.88 Å². The molecule has 0 unspecified atom stereocenters. The Bertz CT molecular complexity index is 529. The monoisotopic (exact) mass is 244 g/mol. The van der Waals surface area contributed by atoms with Crippen molar-refractivity contribution in [3.8, 4) is 5.75 Å². The predicted molar refractivity (Wildman–Crippen MR) is 69.1 cm³/mol. The number of carbonyl (C=O) groups excluding carboxylic acids is 1. The average molecular weight is 244 g/mol. The van der Waals surface area contributed by atoms with Gasteiger partial charge in [-0.2, -0.15) is 0 Å². The van der Waals surface area contributed by atoms with Crippen molar-refractivity contribution in [1.29, 1.82) is 0 Å². The van der Waals surface area contributed by atoms with Gasteiger partial charge in [0.1, 0.15) is 5.75 Å². The minimum absolute atomic E-state index is 0.0260. The molecule has 0 radical (unpaired) electrons. The van der Waals surface area contributed by atoms with Gasteiger partial charge >= 0.3 is 0 Å². The maximum atomic E-state index is 11.7. The molecule has 0 aliphatic heterocycles. The first kappa shape index (κ1) is 12.2. The van der Waals surface area contributed by atoms with Gasteiger partial charge in [-0.05, 0) is 29.8 Å². The lowest BCUT2D eigenvalue weighted by Gasteiger charge is -2.06. The van der Waals surface area contributed by atoms with E-state index in [-0.39, 0.29) is 11.7 Å². The van der Waals surface area contributed by atoms with Gasteiger partial charge in [-0.1, -0.05) is 12.1 Å². The summed E-state index contributed by atoms with van der Waals surface area (Å²) in [6.07, 6.45) is 2.27. The fourth-order valence-corrected chi connectivity index (χ4v) is 1.73. The summed E-state index contributed by atoms with van der Waals surface area (Å²) in [5.74, 6) is 0.185. The van der Waals surface area contributed by atoms with Crippen LogP contribution >= 0.6 is 0 Å². The second kappa shape index (κ2) is 5.40. The Morgan fingerprint density at radius 3 is 2.61 bits per heavy atom. The van der Waals surface area contributed by atoms with Gasteiger partial charge in [-0.3, -0.25) is 4.79 Å². The maximum absolute atomic E-state index is 11.7. The molecule has 0 spiro atoms.